The van der Waals surface area contributed by atoms with Crippen LogP contribution in [0.3, 0.4) is 0 Å². The molecular formula is C23H19ClN2O3S2. The van der Waals surface area contributed by atoms with Crippen LogP contribution < -0.4 is 0 Å². The van der Waals surface area contributed by atoms with Crippen LogP contribution in [0.15, 0.2) is 65.6 Å². The predicted octanol–water partition coefficient (Wildman–Crippen LogP) is 5.84. The SMILES string of the molecule is CC(=O)c1cc(-c2ccc(-c3cc(C)cc(S(C)(=O)=O)c3)s2)n(-c2ccccc2Cl)n1. The van der Waals surface area contributed by atoms with Gasteiger partial charge in [0.25, 0.3) is 0 Å². The molecule has 4 rings (SSSR count). The van der Waals surface area contributed by atoms with Gasteiger partial charge in [-0.1, -0.05) is 29.8 Å². The molecular weight excluding hydrogens is 452 g/mol. The minimum absolute atomic E-state index is 0.139. The lowest BCUT2D eigenvalue weighted by Gasteiger charge is -2.08. The molecule has 0 saturated carbocycles. The summed E-state index contributed by atoms with van der Waals surface area (Å²) in [5.41, 5.74) is 3.46. The zero-order valence-corrected chi connectivity index (χ0v) is 19.5. The van der Waals surface area contributed by atoms with E-state index < -0.39 is 9.84 Å². The Labute approximate surface area is 189 Å². The van der Waals surface area contributed by atoms with Crippen molar-refractivity contribution >= 4 is 38.6 Å². The Morgan fingerprint density at radius 2 is 1.74 bits per heavy atom. The van der Waals surface area contributed by atoms with Crippen LogP contribution >= 0.6 is 22.9 Å². The number of aryl methyl sites for hydroxylation is 1. The van der Waals surface area contributed by atoms with E-state index >= 15 is 0 Å². The first kappa shape index (κ1) is 21.5. The second-order valence-corrected chi connectivity index (χ2v) is 10.8. The fourth-order valence-electron chi connectivity index (χ4n) is 3.27. The molecule has 0 spiro atoms. The second-order valence-electron chi connectivity index (χ2n) is 7.31. The second kappa shape index (κ2) is 8.07. The quantitative estimate of drug-likeness (QED) is 0.344. The molecule has 8 heteroatoms. The number of rotatable bonds is 5. The van der Waals surface area contributed by atoms with Crippen LogP contribution in [0.2, 0.25) is 5.02 Å². The molecule has 0 bridgehead atoms. The predicted molar refractivity (Wildman–Crippen MR) is 125 cm³/mol. The van der Waals surface area contributed by atoms with Crippen LogP contribution in [0.1, 0.15) is 23.0 Å². The van der Waals surface area contributed by atoms with Gasteiger partial charge in [-0.3, -0.25) is 4.79 Å². The molecule has 0 N–H and O–H groups in total. The van der Waals surface area contributed by atoms with Crippen molar-refractivity contribution in [2.75, 3.05) is 6.26 Å². The maximum atomic E-state index is 12.0. The molecule has 2 aromatic heterocycles. The smallest absolute Gasteiger partial charge is 0.180 e. The molecule has 2 heterocycles. The molecule has 2 aromatic carbocycles. The number of sulfone groups is 1. The molecule has 158 valence electrons. The van der Waals surface area contributed by atoms with E-state index in [1.807, 2.05) is 43.3 Å². The van der Waals surface area contributed by atoms with Crippen molar-refractivity contribution in [3.05, 3.63) is 76.9 Å². The first-order chi connectivity index (χ1) is 14.6. The number of Topliss-reactive ketones (excluding diaryl/α,β-unsaturated/α-hetero) is 1. The number of aromatic nitrogens is 2. The van der Waals surface area contributed by atoms with E-state index in [0.717, 1.165) is 26.6 Å². The van der Waals surface area contributed by atoms with Crippen molar-refractivity contribution < 1.29 is 13.2 Å². The molecule has 0 atom stereocenters. The molecule has 0 fully saturated rings. The van der Waals surface area contributed by atoms with E-state index in [0.29, 0.717) is 16.4 Å². The third-order valence-electron chi connectivity index (χ3n) is 4.77. The lowest BCUT2D eigenvalue weighted by Crippen LogP contribution is -2.01. The fraction of sp³-hybridized carbons (Fsp3) is 0.130. The monoisotopic (exact) mass is 470 g/mol. The molecule has 0 aliphatic carbocycles. The number of thiophene rings is 1. The number of hydrogen-bond acceptors (Lipinski definition) is 5. The number of carbonyl (C=O) groups is 1. The van der Waals surface area contributed by atoms with Crippen molar-refractivity contribution in [1.82, 2.24) is 9.78 Å². The summed E-state index contributed by atoms with van der Waals surface area (Å²) in [5, 5.41) is 4.99. The Balaban J connectivity index is 1.85. The van der Waals surface area contributed by atoms with Crippen LogP contribution in [0.4, 0.5) is 0 Å². The molecule has 0 aliphatic rings. The van der Waals surface area contributed by atoms with Crippen molar-refractivity contribution in [3.63, 3.8) is 0 Å². The molecule has 0 saturated heterocycles. The highest BCUT2D eigenvalue weighted by atomic mass is 35.5. The van der Waals surface area contributed by atoms with Crippen molar-refractivity contribution in [2.24, 2.45) is 0 Å². The van der Waals surface area contributed by atoms with E-state index in [1.54, 1.807) is 28.9 Å². The van der Waals surface area contributed by atoms with Crippen LogP contribution in [0, 0.1) is 6.92 Å². The largest absolute Gasteiger partial charge is 0.293 e. The highest BCUT2D eigenvalue weighted by molar-refractivity contribution is 7.90. The number of nitrogens with zero attached hydrogens (tertiary/aromatic N) is 2. The van der Waals surface area contributed by atoms with Gasteiger partial charge in [0.1, 0.15) is 5.69 Å². The van der Waals surface area contributed by atoms with Gasteiger partial charge in [0.05, 0.1) is 26.2 Å². The third-order valence-corrected chi connectivity index (χ3v) is 7.34. The van der Waals surface area contributed by atoms with Gasteiger partial charge < -0.3 is 0 Å². The van der Waals surface area contributed by atoms with Gasteiger partial charge in [-0.2, -0.15) is 5.10 Å². The van der Waals surface area contributed by atoms with E-state index in [4.69, 9.17) is 11.6 Å². The maximum Gasteiger partial charge on any atom is 0.180 e. The van der Waals surface area contributed by atoms with E-state index in [-0.39, 0.29) is 10.7 Å². The average Bonchev–Trinajstić information content (AvgIpc) is 3.34. The minimum atomic E-state index is -3.32. The summed E-state index contributed by atoms with van der Waals surface area (Å²) in [5.74, 6) is -0.139. The number of ketones is 1. The van der Waals surface area contributed by atoms with Crippen LogP contribution in [0.5, 0.6) is 0 Å². The topological polar surface area (TPSA) is 69.0 Å². The molecule has 4 aromatic rings. The standard InChI is InChI=1S/C23H19ClN2O3S2/c1-14-10-16(12-17(11-14)31(3,28)29)22-8-9-23(30-22)21-13-19(15(2)27)25-26(21)20-7-5-4-6-18(20)24/h4-13H,1-3H3. The van der Waals surface area contributed by atoms with E-state index in [1.165, 1.54) is 24.5 Å². The summed E-state index contributed by atoms with van der Waals surface area (Å²) in [6.45, 7) is 3.35. The summed E-state index contributed by atoms with van der Waals surface area (Å²) in [4.78, 5) is 14.1. The number of halogens is 1. The lowest BCUT2D eigenvalue weighted by atomic mass is 10.1. The number of carbonyl (C=O) groups excluding carboxylic acids is 1. The van der Waals surface area contributed by atoms with E-state index in [2.05, 4.69) is 5.10 Å². The molecule has 31 heavy (non-hydrogen) atoms. The Bertz CT molecular complexity index is 1420. The zero-order valence-electron chi connectivity index (χ0n) is 17.1. The zero-order chi connectivity index (χ0) is 22.3. The Morgan fingerprint density at radius 1 is 1.03 bits per heavy atom. The van der Waals surface area contributed by atoms with Gasteiger partial charge in [-0.05, 0) is 60.5 Å². The summed E-state index contributed by atoms with van der Waals surface area (Å²) < 4.78 is 25.8. The number of benzene rings is 2. The number of para-hydroxylation sites is 1. The van der Waals surface area contributed by atoms with Crippen LogP contribution in [0.25, 0.3) is 26.7 Å². The van der Waals surface area contributed by atoms with Gasteiger partial charge in [0, 0.05) is 18.1 Å². The van der Waals surface area contributed by atoms with E-state index in [9.17, 15) is 13.2 Å². The third kappa shape index (κ3) is 4.35. The Kier molecular flexibility index (Phi) is 5.60. The summed E-state index contributed by atoms with van der Waals surface area (Å²) in [7, 11) is -3.32. The van der Waals surface area contributed by atoms with Crippen molar-refractivity contribution in [1.29, 1.82) is 0 Å². The highest BCUT2D eigenvalue weighted by Gasteiger charge is 2.18. The van der Waals surface area contributed by atoms with Gasteiger partial charge in [0.2, 0.25) is 0 Å². The molecule has 0 amide bonds. The normalized spacial score (nSPS) is 11.6. The minimum Gasteiger partial charge on any atom is -0.293 e. The Hall–Kier alpha value is -2.74. The Morgan fingerprint density at radius 3 is 2.42 bits per heavy atom. The molecule has 0 radical (unpaired) electrons. The first-order valence-electron chi connectivity index (χ1n) is 9.42. The highest BCUT2D eigenvalue weighted by Crippen LogP contribution is 2.37. The van der Waals surface area contributed by atoms with Gasteiger partial charge in [-0.25, -0.2) is 13.1 Å². The molecule has 0 aliphatic heterocycles. The van der Waals surface area contributed by atoms with Crippen molar-refractivity contribution in [3.8, 4) is 26.7 Å². The average molecular weight is 471 g/mol. The summed E-state index contributed by atoms with van der Waals surface area (Å²) in [6, 6.07) is 18.3. The van der Waals surface area contributed by atoms with Gasteiger partial charge in [-0.15, -0.1) is 11.3 Å². The van der Waals surface area contributed by atoms with Gasteiger partial charge >= 0.3 is 0 Å². The van der Waals surface area contributed by atoms with Crippen LogP contribution in [-0.4, -0.2) is 30.2 Å². The van der Waals surface area contributed by atoms with Crippen LogP contribution in [-0.2, 0) is 9.84 Å². The molecule has 0 unspecified atom stereocenters. The number of hydrogen-bond donors (Lipinski definition) is 0. The summed E-state index contributed by atoms with van der Waals surface area (Å²) in [6.07, 6.45) is 1.21. The summed E-state index contributed by atoms with van der Waals surface area (Å²) >= 11 is 7.88. The van der Waals surface area contributed by atoms with Crippen molar-refractivity contribution in [2.45, 2.75) is 18.7 Å². The maximum absolute atomic E-state index is 12.0. The lowest BCUT2D eigenvalue weighted by molar-refractivity contribution is 0.101. The molecule has 5 nitrogen and oxygen atoms in total. The first-order valence-corrected chi connectivity index (χ1v) is 12.5. The fourth-order valence-corrected chi connectivity index (χ4v) is 5.22. The van der Waals surface area contributed by atoms with Gasteiger partial charge in [0.15, 0.2) is 15.6 Å².